The summed E-state index contributed by atoms with van der Waals surface area (Å²) in [5, 5.41) is 3.16. The minimum absolute atomic E-state index is 0.0573. The fourth-order valence-electron chi connectivity index (χ4n) is 2.81. The van der Waals surface area contributed by atoms with E-state index in [0.29, 0.717) is 19.4 Å². The molecule has 4 nitrogen and oxygen atoms in total. The van der Waals surface area contributed by atoms with Crippen LogP contribution in [0, 0.1) is 10.8 Å². The van der Waals surface area contributed by atoms with Gasteiger partial charge in [0.15, 0.2) is 0 Å². The molecule has 29 heavy (non-hydrogen) atoms. The number of carbonyl (C=O) groups excluding carboxylic acids is 2. The van der Waals surface area contributed by atoms with E-state index < -0.39 is 0 Å². The molecular formula is C25H45NO3. The SMILES string of the molecule is C=CC(=C)C(C)(C)CCC(=O)NC(C)(C)CCC(C)(C)OCCC(C)(C)C(C)=O. The summed E-state index contributed by atoms with van der Waals surface area (Å²) in [6, 6.07) is 0. The van der Waals surface area contributed by atoms with E-state index in [4.69, 9.17) is 4.74 Å². The first kappa shape index (κ1) is 27.6. The maximum absolute atomic E-state index is 12.5. The van der Waals surface area contributed by atoms with E-state index >= 15 is 0 Å². The molecule has 0 bridgehead atoms. The van der Waals surface area contributed by atoms with Gasteiger partial charge >= 0.3 is 0 Å². The number of carbonyl (C=O) groups is 2. The van der Waals surface area contributed by atoms with Gasteiger partial charge in [-0.1, -0.05) is 52.5 Å². The highest BCUT2D eigenvalue weighted by Crippen LogP contribution is 2.31. The second kappa shape index (κ2) is 10.6. The first-order valence-corrected chi connectivity index (χ1v) is 10.7. The molecule has 0 rings (SSSR count). The van der Waals surface area contributed by atoms with Crippen LogP contribution < -0.4 is 5.32 Å². The Bertz CT molecular complexity index is 597. The topological polar surface area (TPSA) is 55.4 Å². The van der Waals surface area contributed by atoms with Crippen molar-refractivity contribution in [2.45, 2.75) is 106 Å². The van der Waals surface area contributed by atoms with Gasteiger partial charge in [0.2, 0.25) is 5.91 Å². The molecule has 0 radical (unpaired) electrons. The summed E-state index contributed by atoms with van der Waals surface area (Å²) >= 11 is 0. The number of nitrogens with one attached hydrogen (secondary N) is 1. The van der Waals surface area contributed by atoms with Gasteiger partial charge in [-0.25, -0.2) is 0 Å². The van der Waals surface area contributed by atoms with E-state index in [1.807, 2.05) is 27.7 Å². The van der Waals surface area contributed by atoms with Crippen LogP contribution in [0.5, 0.6) is 0 Å². The van der Waals surface area contributed by atoms with Crippen LogP contribution in [0.4, 0.5) is 0 Å². The molecule has 0 aromatic heterocycles. The molecule has 0 aromatic rings. The third kappa shape index (κ3) is 10.8. The Morgan fingerprint density at radius 3 is 1.93 bits per heavy atom. The molecule has 0 aliphatic carbocycles. The van der Waals surface area contributed by atoms with Crippen LogP contribution in [0.2, 0.25) is 0 Å². The van der Waals surface area contributed by atoms with Gasteiger partial charge in [0.25, 0.3) is 0 Å². The lowest BCUT2D eigenvalue weighted by molar-refractivity contribution is -0.127. The van der Waals surface area contributed by atoms with Crippen LogP contribution >= 0.6 is 0 Å². The van der Waals surface area contributed by atoms with E-state index in [1.54, 1.807) is 13.0 Å². The first-order valence-electron chi connectivity index (χ1n) is 10.7. The molecule has 1 N–H and O–H groups in total. The molecule has 0 unspecified atom stereocenters. The maximum atomic E-state index is 12.5. The lowest BCUT2D eigenvalue weighted by Crippen LogP contribution is -2.45. The van der Waals surface area contributed by atoms with Gasteiger partial charge in [0.05, 0.1) is 5.60 Å². The minimum atomic E-state index is -0.353. The number of ketones is 1. The summed E-state index contributed by atoms with van der Waals surface area (Å²) in [5.41, 5.74) is -0.147. The third-order valence-corrected chi connectivity index (χ3v) is 6.10. The van der Waals surface area contributed by atoms with E-state index in [9.17, 15) is 9.59 Å². The molecule has 0 saturated heterocycles. The maximum Gasteiger partial charge on any atom is 0.220 e. The van der Waals surface area contributed by atoms with Gasteiger partial charge in [-0.3, -0.25) is 9.59 Å². The monoisotopic (exact) mass is 407 g/mol. The van der Waals surface area contributed by atoms with Crippen molar-refractivity contribution < 1.29 is 14.3 Å². The van der Waals surface area contributed by atoms with E-state index in [1.165, 1.54) is 0 Å². The quantitative estimate of drug-likeness (QED) is 0.359. The second-order valence-electron chi connectivity index (χ2n) is 10.8. The fraction of sp³-hybridized carbons (Fsp3) is 0.760. The van der Waals surface area contributed by atoms with Crippen LogP contribution in [0.15, 0.2) is 24.8 Å². The Kier molecular flexibility index (Phi) is 10.0. The smallest absolute Gasteiger partial charge is 0.220 e. The van der Waals surface area contributed by atoms with Crippen molar-refractivity contribution >= 4 is 11.7 Å². The molecule has 0 saturated carbocycles. The van der Waals surface area contributed by atoms with Gasteiger partial charge < -0.3 is 10.1 Å². The molecule has 0 aliphatic rings. The third-order valence-electron chi connectivity index (χ3n) is 6.10. The number of ether oxygens (including phenoxy) is 1. The second-order valence-corrected chi connectivity index (χ2v) is 10.8. The van der Waals surface area contributed by atoms with Crippen LogP contribution in [-0.4, -0.2) is 29.4 Å². The Balaban J connectivity index is 4.51. The minimum Gasteiger partial charge on any atom is -0.376 e. The van der Waals surface area contributed by atoms with Gasteiger partial charge in [0, 0.05) is 24.0 Å². The largest absolute Gasteiger partial charge is 0.376 e. The van der Waals surface area contributed by atoms with Gasteiger partial charge in [-0.15, -0.1) is 0 Å². The molecule has 0 atom stereocenters. The van der Waals surface area contributed by atoms with E-state index in [2.05, 4.69) is 46.2 Å². The number of amides is 1. The van der Waals surface area contributed by atoms with Crippen molar-refractivity contribution in [1.82, 2.24) is 5.32 Å². The fourth-order valence-corrected chi connectivity index (χ4v) is 2.81. The standard InChI is InChI=1S/C25H45NO3/c1-12-19(2)22(4,5)14-13-21(28)26-24(8,9)15-16-25(10,11)29-18-17-23(6,7)20(3)27/h12H,1-2,13-18H2,3-11H3,(H,26,28). The summed E-state index contributed by atoms with van der Waals surface area (Å²) in [7, 11) is 0. The Labute approximate surface area is 179 Å². The first-order chi connectivity index (χ1) is 12.9. The highest BCUT2D eigenvalue weighted by molar-refractivity contribution is 5.81. The zero-order chi connectivity index (χ0) is 23.1. The average Bonchev–Trinajstić information content (AvgIpc) is 2.57. The number of hydrogen-bond acceptors (Lipinski definition) is 3. The van der Waals surface area contributed by atoms with Crippen molar-refractivity contribution in [3.8, 4) is 0 Å². The van der Waals surface area contributed by atoms with Gasteiger partial charge in [0.1, 0.15) is 5.78 Å². The molecule has 4 heteroatoms. The Morgan fingerprint density at radius 2 is 1.45 bits per heavy atom. The molecule has 0 aromatic carbocycles. The van der Waals surface area contributed by atoms with Crippen molar-refractivity contribution in [2.24, 2.45) is 10.8 Å². The van der Waals surface area contributed by atoms with Crippen molar-refractivity contribution in [3.63, 3.8) is 0 Å². The lowest BCUT2D eigenvalue weighted by Gasteiger charge is -2.33. The predicted octanol–water partition coefficient (Wildman–Crippen LogP) is 6.01. The Hall–Kier alpha value is -1.42. The molecule has 0 aliphatic heterocycles. The number of hydrogen-bond donors (Lipinski definition) is 1. The summed E-state index contributed by atoms with van der Waals surface area (Å²) in [5.74, 6) is 0.240. The van der Waals surface area contributed by atoms with Crippen LogP contribution in [0.3, 0.4) is 0 Å². The highest BCUT2D eigenvalue weighted by Gasteiger charge is 2.29. The molecule has 0 spiro atoms. The summed E-state index contributed by atoms with van der Waals surface area (Å²) in [6.07, 6.45) is 5.30. The average molecular weight is 408 g/mol. The number of Topliss-reactive ketones (excluding diaryl/α,β-unsaturated/α-hetero) is 1. The van der Waals surface area contributed by atoms with Crippen molar-refractivity contribution in [1.29, 1.82) is 0 Å². The molecule has 0 fully saturated rings. The highest BCUT2D eigenvalue weighted by atomic mass is 16.5. The van der Waals surface area contributed by atoms with Crippen molar-refractivity contribution in [2.75, 3.05) is 6.61 Å². The molecular weight excluding hydrogens is 362 g/mol. The Morgan fingerprint density at radius 1 is 0.897 bits per heavy atom. The number of rotatable bonds is 14. The molecule has 168 valence electrons. The zero-order valence-electron chi connectivity index (χ0n) is 20.5. The van der Waals surface area contributed by atoms with Crippen LogP contribution in [0.25, 0.3) is 0 Å². The normalized spacial score (nSPS) is 13.1. The van der Waals surface area contributed by atoms with E-state index in [-0.39, 0.29) is 33.7 Å². The van der Waals surface area contributed by atoms with Crippen LogP contribution in [0.1, 0.15) is 94.4 Å². The van der Waals surface area contributed by atoms with E-state index in [0.717, 1.165) is 24.8 Å². The number of allylic oxidation sites excluding steroid dienone is 2. The lowest BCUT2D eigenvalue weighted by atomic mass is 9.80. The predicted molar refractivity (Wildman–Crippen MR) is 123 cm³/mol. The van der Waals surface area contributed by atoms with Gasteiger partial charge in [-0.2, -0.15) is 0 Å². The van der Waals surface area contributed by atoms with Crippen LogP contribution in [-0.2, 0) is 14.3 Å². The summed E-state index contributed by atoms with van der Waals surface area (Å²) in [6.45, 7) is 26.3. The summed E-state index contributed by atoms with van der Waals surface area (Å²) in [4.78, 5) is 24.1. The molecule has 1 amide bonds. The summed E-state index contributed by atoms with van der Waals surface area (Å²) < 4.78 is 6.06. The molecule has 0 heterocycles. The van der Waals surface area contributed by atoms with Crippen molar-refractivity contribution in [3.05, 3.63) is 24.8 Å². The van der Waals surface area contributed by atoms with Gasteiger partial charge in [-0.05, 0) is 65.7 Å². The zero-order valence-corrected chi connectivity index (χ0v) is 20.5.